The van der Waals surface area contributed by atoms with E-state index >= 15 is 0 Å². The summed E-state index contributed by atoms with van der Waals surface area (Å²) in [5.74, 6) is 0.148. The van der Waals surface area contributed by atoms with Crippen molar-refractivity contribution in [2.24, 2.45) is 5.92 Å². The smallest absolute Gasteiger partial charge is 0.186 e. The van der Waals surface area contributed by atoms with E-state index in [4.69, 9.17) is 24.2 Å². The maximum atomic E-state index is 8.89. The molecule has 0 N–H and O–H groups in total. The summed E-state index contributed by atoms with van der Waals surface area (Å²) in [5.41, 5.74) is 2.20. The molecule has 5 nitrogen and oxygen atoms in total. The molecule has 0 unspecified atom stereocenters. The summed E-state index contributed by atoms with van der Waals surface area (Å²) in [6.45, 7) is 5.51. The lowest BCUT2D eigenvalue weighted by molar-refractivity contribution is -0.303. The van der Waals surface area contributed by atoms with Crippen LogP contribution in [0.4, 0.5) is 0 Å². The molecule has 0 saturated carbocycles. The molecular formula is C25H31NO4. The van der Waals surface area contributed by atoms with Crippen LogP contribution in [0.1, 0.15) is 37.8 Å². The predicted octanol–water partition coefficient (Wildman–Crippen LogP) is 4.86. The Morgan fingerprint density at radius 1 is 0.867 bits per heavy atom. The van der Waals surface area contributed by atoms with Crippen LogP contribution < -0.4 is 0 Å². The molecule has 2 aromatic rings. The van der Waals surface area contributed by atoms with Gasteiger partial charge in [0.2, 0.25) is 0 Å². The van der Waals surface area contributed by atoms with Crippen molar-refractivity contribution >= 4 is 0 Å². The van der Waals surface area contributed by atoms with Gasteiger partial charge in [-0.25, -0.2) is 0 Å². The Morgan fingerprint density at radius 2 is 1.43 bits per heavy atom. The minimum atomic E-state index is -0.566. The minimum Gasteiger partial charge on any atom is -0.370 e. The summed E-state index contributed by atoms with van der Waals surface area (Å²) in [7, 11) is 0. The monoisotopic (exact) mass is 409 g/mol. The Labute approximate surface area is 179 Å². The highest BCUT2D eigenvalue weighted by atomic mass is 16.7. The Bertz CT molecular complexity index is 777. The van der Waals surface area contributed by atoms with Crippen molar-refractivity contribution in [3.05, 3.63) is 71.8 Å². The minimum absolute atomic E-state index is 0.00874. The van der Waals surface area contributed by atoms with Gasteiger partial charge in [-0.1, -0.05) is 74.5 Å². The summed E-state index contributed by atoms with van der Waals surface area (Å²) in [6, 6.07) is 22.3. The Morgan fingerprint density at radius 3 is 1.97 bits per heavy atom. The van der Waals surface area contributed by atoms with Crippen LogP contribution in [0.25, 0.3) is 0 Å². The van der Waals surface area contributed by atoms with E-state index < -0.39 is 6.29 Å². The van der Waals surface area contributed by atoms with Crippen LogP contribution in [-0.4, -0.2) is 31.2 Å². The average Bonchev–Trinajstić information content (AvgIpc) is 2.79. The summed E-state index contributed by atoms with van der Waals surface area (Å²) >= 11 is 0. The van der Waals surface area contributed by atoms with Crippen LogP contribution in [0.3, 0.4) is 0 Å². The van der Waals surface area contributed by atoms with Gasteiger partial charge in [0.05, 0.1) is 44.5 Å². The first kappa shape index (κ1) is 22.5. The van der Waals surface area contributed by atoms with Crippen molar-refractivity contribution in [2.45, 2.75) is 64.5 Å². The third-order valence-corrected chi connectivity index (χ3v) is 5.47. The molecule has 0 spiro atoms. The normalized spacial score (nSPS) is 26.2. The van der Waals surface area contributed by atoms with Crippen LogP contribution in [0.5, 0.6) is 0 Å². The number of hydrogen-bond donors (Lipinski definition) is 0. The molecule has 0 radical (unpaired) electrons. The molecule has 2 aromatic carbocycles. The molecule has 30 heavy (non-hydrogen) atoms. The highest BCUT2D eigenvalue weighted by Crippen LogP contribution is 2.33. The van der Waals surface area contributed by atoms with Crippen molar-refractivity contribution in [1.29, 1.82) is 5.26 Å². The fourth-order valence-electron chi connectivity index (χ4n) is 3.82. The first-order valence-corrected chi connectivity index (χ1v) is 10.7. The van der Waals surface area contributed by atoms with Gasteiger partial charge in [-0.05, 0) is 17.5 Å². The fraction of sp³-hybridized carbons (Fsp3) is 0.480. The van der Waals surface area contributed by atoms with Gasteiger partial charge in [-0.15, -0.1) is 0 Å². The molecule has 0 aliphatic carbocycles. The van der Waals surface area contributed by atoms with Crippen LogP contribution >= 0.6 is 0 Å². The van der Waals surface area contributed by atoms with Crippen molar-refractivity contribution in [3.8, 4) is 6.07 Å². The van der Waals surface area contributed by atoms with E-state index in [0.717, 1.165) is 17.5 Å². The average molecular weight is 410 g/mol. The zero-order chi connectivity index (χ0) is 21.2. The van der Waals surface area contributed by atoms with E-state index in [-0.39, 0.29) is 24.2 Å². The van der Waals surface area contributed by atoms with Crippen molar-refractivity contribution < 1.29 is 18.9 Å². The van der Waals surface area contributed by atoms with Crippen molar-refractivity contribution in [3.63, 3.8) is 0 Å². The van der Waals surface area contributed by atoms with Gasteiger partial charge in [0.25, 0.3) is 0 Å². The van der Waals surface area contributed by atoms with E-state index in [1.807, 2.05) is 48.5 Å². The topological polar surface area (TPSA) is 60.7 Å². The van der Waals surface area contributed by atoms with E-state index in [2.05, 4.69) is 32.0 Å². The van der Waals surface area contributed by atoms with Crippen LogP contribution in [0.2, 0.25) is 0 Å². The highest BCUT2D eigenvalue weighted by molar-refractivity contribution is 5.14. The SMILES string of the molecule is CC[C@H]1O[C@H](OCCC#N)[C@H](OCc2ccccc2)[C@@H](OCc2ccccc2)[C@@H]1C. The number of benzene rings is 2. The molecule has 1 aliphatic rings. The molecule has 1 saturated heterocycles. The van der Waals surface area contributed by atoms with Gasteiger partial charge in [0, 0.05) is 5.92 Å². The van der Waals surface area contributed by atoms with Crippen LogP contribution in [-0.2, 0) is 32.2 Å². The van der Waals surface area contributed by atoms with Gasteiger partial charge in [0.1, 0.15) is 6.10 Å². The van der Waals surface area contributed by atoms with Gasteiger partial charge < -0.3 is 18.9 Å². The van der Waals surface area contributed by atoms with Crippen molar-refractivity contribution in [1.82, 2.24) is 0 Å². The Kier molecular flexibility index (Phi) is 8.85. The summed E-state index contributed by atoms with van der Waals surface area (Å²) < 4.78 is 24.9. The van der Waals surface area contributed by atoms with Gasteiger partial charge in [-0.3, -0.25) is 0 Å². The van der Waals surface area contributed by atoms with Crippen molar-refractivity contribution in [2.75, 3.05) is 6.61 Å². The zero-order valence-corrected chi connectivity index (χ0v) is 17.8. The lowest BCUT2D eigenvalue weighted by Crippen LogP contribution is -2.56. The summed E-state index contributed by atoms with van der Waals surface area (Å²) in [6.07, 6.45) is 0.0479. The quantitative estimate of drug-likeness (QED) is 0.525. The van der Waals surface area contributed by atoms with E-state index in [0.29, 0.717) is 26.2 Å². The number of nitriles is 1. The third kappa shape index (κ3) is 6.13. The number of hydrogen-bond acceptors (Lipinski definition) is 5. The molecule has 1 aliphatic heterocycles. The third-order valence-electron chi connectivity index (χ3n) is 5.47. The van der Waals surface area contributed by atoms with Gasteiger partial charge in [-0.2, -0.15) is 5.26 Å². The Balaban J connectivity index is 1.76. The number of rotatable bonds is 10. The van der Waals surface area contributed by atoms with E-state index in [1.54, 1.807) is 0 Å². The molecular weight excluding hydrogens is 378 g/mol. The maximum Gasteiger partial charge on any atom is 0.186 e. The first-order valence-electron chi connectivity index (χ1n) is 10.7. The van der Waals surface area contributed by atoms with E-state index in [1.165, 1.54) is 0 Å². The standard InChI is InChI=1S/C25H31NO4/c1-3-22-19(2)23(28-17-20-11-6-4-7-12-20)24(25(30-22)27-16-10-15-26)29-18-21-13-8-5-9-14-21/h4-9,11-14,19,22-25H,3,10,16-18H2,1-2H3/t19-,22-,23+,24-,25+/m1/s1. The number of ether oxygens (including phenoxy) is 4. The number of nitrogens with zero attached hydrogens (tertiary/aromatic N) is 1. The van der Waals surface area contributed by atoms with Crippen LogP contribution in [0, 0.1) is 17.2 Å². The summed E-state index contributed by atoms with van der Waals surface area (Å²) in [5, 5.41) is 8.89. The highest BCUT2D eigenvalue weighted by Gasteiger charge is 2.45. The molecule has 0 amide bonds. The second-order valence-corrected chi connectivity index (χ2v) is 7.61. The predicted molar refractivity (Wildman–Crippen MR) is 114 cm³/mol. The molecule has 3 rings (SSSR count). The molecule has 5 heteroatoms. The van der Waals surface area contributed by atoms with E-state index in [9.17, 15) is 0 Å². The van der Waals surface area contributed by atoms with Gasteiger partial charge in [0.15, 0.2) is 6.29 Å². The largest absolute Gasteiger partial charge is 0.370 e. The zero-order valence-electron chi connectivity index (χ0n) is 17.8. The summed E-state index contributed by atoms with van der Waals surface area (Å²) in [4.78, 5) is 0. The molecule has 0 bridgehead atoms. The van der Waals surface area contributed by atoms with Crippen LogP contribution in [0.15, 0.2) is 60.7 Å². The first-order chi connectivity index (χ1) is 14.7. The lowest BCUT2D eigenvalue weighted by atomic mass is 9.89. The molecule has 160 valence electrons. The lowest BCUT2D eigenvalue weighted by Gasteiger charge is -2.45. The fourth-order valence-corrected chi connectivity index (χ4v) is 3.82. The molecule has 0 aromatic heterocycles. The molecule has 5 atom stereocenters. The second kappa shape index (κ2) is 11.8. The maximum absolute atomic E-state index is 8.89. The Hall–Kier alpha value is -2.23. The molecule has 1 heterocycles. The second-order valence-electron chi connectivity index (χ2n) is 7.61. The van der Waals surface area contributed by atoms with Gasteiger partial charge >= 0.3 is 0 Å². The molecule has 1 fully saturated rings.